The molecule has 0 amide bonds. The van der Waals surface area contributed by atoms with Crippen molar-refractivity contribution in [3.63, 3.8) is 0 Å². The molecule has 0 fully saturated rings. The Kier molecular flexibility index (Phi) is 5.42. The Balaban J connectivity index is 2.17. The van der Waals surface area contributed by atoms with Crippen LogP contribution >= 0.6 is 34.4 Å². The topological polar surface area (TPSA) is 26.3 Å². The van der Waals surface area contributed by atoms with Crippen molar-refractivity contribution >= 4 is 40.3 Å². The SMILES string of the molecule is CCOC(=O)c1ccc(Sc2ccc(I)cc2)c(F)c1. The number of hydrogen-bond donors (Lipinski definition) is 0. The van der Waals surface area contributed by atoms with Crippen LogP contribution in [-0.4, -0.2) is 12.6 Å². The summed E-state index contributed by atoms with van der Waals surface area (Å²) in [5.74, 6) is -0.920. The zero-order valence-corrected chi connectivity index (χ0v) is 13.7. The summed E-state index contributed by atoms with van der Waals surface area (Å²) in [7, 11) is 0. The lowest BCUT2D eigenvalue weighted by Crippen LogP contribution is -2.05. The first-order chi connectivity index (χ1) is 9.60. The van der Waals surface area contributed by atoms with Crippen LogP contribution in [0.4, 0.5) is 4.39 Å². The first kappa shape index (κ1) is 15.3. The van der Waals surface area contributed by atoms with E-state index in [0.29, 0.717) is 4.90 Å². The van der Waals surface area contributed by atoms with Crippen molar-refractivity contribution < 1.29 is 13.9 Å². The van der Waals surface area contributed by atoms with E-state index in [4.69, 9.17) is 4.74 Å². The van der Waals surface area contributed by atoms with Gasteiger partial charge in [0.15, 0.2) is 0 Å². The molecule has 0 unspecified atom stereocenters. The van der Waals surface area contributed by atoms with Gasteiger partial charge in [0.1, 0.15) is 5.82 Å². The van der Waals surface area contributed by atoms with Gasteiger partial charge in [0, 0.05) is 13.4 Å². The Bertz CT molecular complexity index is 614. The molecule has 0 aromatic heterocycles. The normalized spacial score (nSPS) is 10.3. The van der Waals surface area contributed by atoms with Gasteiger partial charge in [0.05, 0.1) is 12.2 Å². The summed E-state index contributed by atoms with van der Waals surface area (Å²) in [6.45, 7) is 1.99. The minimum Gasteiger partial charge on any atom is -0.462 e. The molecule has 2 aromatic rings. The van der Waals surface area contributed by atoms with E-state index >= 15 is 0 Å². The van der Waals surface area contributed by atoms with Gasteiger partial charge in [0.25, 0.3) is 0 Å². The van der Waals surface area contributed by atoms with Crippen LogP contribution in [0.15, 0.2) is 52.3 Å². The lowest BCUT2D eigenvalue weighted by Gasteiger charge is -2.06. The molecule has 2 nitrogen and oxygen atoms in total. The maximum Gasteiger partial charge on any atom is 0.338 e. The second-order valence-corrected chi connectivity index (χ2v) is 6.28. The van der Waals surface area contributed by atoms with Crippen molar-refractivity contribution in [3.05, 3.63) is 57.4 Å². The minimum absolute atomic E-state index is 0.233. The highest BCUT2D eigenvalue weighted by Gasteiger charge is 2.11. The number of hydrogen-bond acceptors (Lipinski definition) is 3. The fraction of sp³-hybridized carbons (Fsp3) is 0.133. The highest BCUT2D eigenvalue weighted by atomic mass is 127. The third-order valence-corrected chi connectivity index (χ3v) is 4.26. The van der Waals surface area contributed by atoms with Crippen LogP contribution in [0.2, 0.25) is 0 Å². The lowest BCUT2D eigenvalue weighted by molar-refractivity contribution is 0.0525. The minimum atomic E-state index is -0.503. The number of halogens is 2. The quantitative estimate of drug-likeness (QED) is 0.545. The molecule has 0 aliphatic rings. The molecule has 0 atom stereocenters. The molecular weight excluding hydrogens is 390 g/mol. The molecule has 0 saturated heterocycles. The average molecular weight is 402 g/mol. The van der Waals surface area contributed by atoms with Crippen molar-refractivity contribution in [1.82, 2.24) is 0 Å². The summed E-state index contributed by atoms with van der Waals surface area (Å²) in [5, 5.41) is 0. The summed E-state index contributed by atoms with van der Waals surface area (Å²) in [5.41, 5.74) is 0.233. The molecule has 0 spiro atoms. The van der Waals surface area contributed by atoms with Crippen molar-refractivity contribution in [2.45, 2.75) is 16.7 Å². The molecule has 0 radical (unpaired) electrons. The van der Waals surface area contributed by atoms with Crippen LogP contribution < -0.4 is 0 Å². The van der Waals surface area contributed by atoms with E-state index in [1.54, 1.807) is 19.1 Å². The van der Waals surface area contributed by atoms with Crippen LogP contribution in [0.5, 0.6) is 0 Å². The second kappa shape index (κ2) is 7.08. The Morgan fingerprint density at radius 1 is 1.25 bits per heavy atom. The summed E-state index contributed by atoms with van der Waals surface area (Å²) in [6, 6.07) is 12.2. The molecule has 0 saturated carbocycles. The average Bonchev–Trinajstić information content (AvgIpc) is 2.43. The summed E-state index contributed by atoms with van der Waals surface area (Å²) < 4.78 is 20.0. The van der Waals surface area contributed by atoms with Crippen LogP contribution in [-0.2, 0) is 4.74 Å². The van der Waals surface area contributed by atoms with Crippen molar-refractivity contribution in [3.8, 4) is 0 Å². The lowest BCUT2D eigenvalue weighted by atomic mass is 10.2. The molecule has 5 heteroatoms. The highest BCUT2D eigenvalue weighted by Crippen LogP contribution is 2.30. The van der Waals surface area contributed by atoms with Gasteiger partial charge in [-0.3, -0.25) is 0 Å². The van der Waals surface area contributed by atoms with Crippen LogP contribution in [0.1, 0.15) is 17.3 Å². The second-order valence-electron chi connectivity index (χ2n) is 3.92. The predicted octanol–water partition coefficient (Wildman–Crippen LogP) is 4.76. The zero-order valence-electron chi connectivity index (χ0n) is 10.7. The molecular formula is C15H12FIO2S. The number of ether oxygens (including phenoxy) is 1. The van der Waals surface area contributed by atoms with Crippen LogP contribution in [0, 0.1) is 9.39 Å². The Hall–Kier alpha value is -1.08. The standard InChI is InChI=1S/C15H12FIO2S/c1-2-19-15(18)10-3-8-14(13(16)9-10)20-12-6-4-11(17)5-7-12/h3-9H,2H2,1H3. The molecule has 0 aliphatic heterocycles. The maximum atomic E-state index is 14.0. The fourth-order valence-electron chi connectivity index (χ4n) is 1.55. The molecule has 0 bridgehead atoms. The van der Waals surface area contributed by atoms with Gasteiger partial charge in [-0.25, -0.2) is 9.18 Å². The molecule has 0 heterocycles. The Labute approximate surface area is 134 Å². The van der Waals surface area contributed by atoms with Gasteiger partial charge < -0.3 is 4.74 Å². The summed E-state index contributed by atoms with van der Waals surface area (Å²) >= 11 is 3.55. The van der Waals surface area contributed by atoms with Gasteiger partial charge >= 0.3 is 5.97 Å². The summed E-state index contributed by atoms with van der Waals surface area (Å²) in [4.78, 5) is 12.9. The molecule has 20 heavy (non-hydrogen) atoms. The van der Waals surface area contributed by atoms with Gasteiger partial charge in [-0.15, -0.1) is 0 Å². The monoisotopic (exact) mass is 402 g/mol. The van der Waals surface area contributed by atoms with Gasteiger partial charge in [-0.1, -0.05) is 11.8 Å². The van der Waals surface area contributed by atoms with Gasteiger partial charge in [0.2, 0.25) is 0 Å². The number of rotatable bonds is 4. The molecule has 0 aliphatic carbocycles. The summed E-state index contributed by atoms with van der Waals surface area (Å²) in [6.07, 6.45) is 0. The number of carbonyl (C=O) groups excluding carboxylic acids is 1. The van der Waals surface area contributed by atoms with Crippen LogP contribution in [0.3, 0.4) is 0 Å². The van der Waals surface area contributed by atoms with Gasteiger partial charge in [-0.2, -0.15) is 0 Å². The molecule has 104 valence electrons. The maximum absolute atomic E-state index is 14.0. The Morgan fingerprint density at radius 2 is 1.95 bits per heavy atom. The number of benzene rings is 2. The molecule has 0 N–H and O–H groups in total. The van der Waals surface area contributed by atoms with Crippen molar-refractivity contribution in [1.29, 1.82) is 0 Å². The molecule has 2 rings (SSSR count). The first-order valence-corrected chi connectivity index (χ1v) is 7.89. The van der Waals surface area contributed by atoms with E-state index in [-0.39, 0.29) is 12.2 Å². The van der Waals surface area contributed by atoms with Gasteiger partial charge in [-0.05, 0) is 72.0 Å². The highest BCUT2D eigenvalue weighted by molar-refractivity contribution is 14.1. The third-order valence-electron chi connectivity index (χ3n) is 2.48. The molecule has 2 aromatic carbocycles. The Morgan fingerprint density at radius 3 is 2.55 bits per heavy atom. The smallest absolute Gasteiger partial charge is 0.338 e. The third kappa shape index (κ3) is 3.96. The first-order valence-electron chi connectivity index (χ1n) is 6.00. The van der Waals surface area contributed by atoms with E-state index in [9.17, 15) is 9.18 Å². The van der Waals surface area contributed by atoms with E-state index in [0.717, 1.165) is 8.47 Å². The van der Waals surface area contributed by atoms with E-state index in [1.807, 2.05) is 24.3 Å². The zero-order chi connectivity index (χ0) is 14.5. The van der Waals surface area contributed by atoms with Crippen molar-refractivity contribution in [2.75, 3.05) is 6.61 Å². The fourth-order valence-corrected chi connectivity index (χ4v) is 2.73. The van der Waals surface area contributed by atoms with Crippen LogP contribution in [0.25, 0.3) is 0 Å². The van der Waals surface area contributed by atoms with E-state index in [2.05, 4.69) is 22.6 Å². The van der Waals surface area contributed by atoms with Crippen molar-refractivity contribution in [2.24, 2.45) is 0 Å². The largest absolute Gasteiger partial charge is 0.462 e. The van der Waals surface area contributed by atoms with E-state index < -0.39 is 11.8 Å². The number of esters is 1. The predicted molar refractivity (Wildman–Crippen MR) is 85.6 cm³/mol. The number of carbonyl (C=O) groups is 1. The van der Waals surface area contributed by atoms with E-state index in [1.165, 1.54) is 17.8 Å².